The first-order chi connectivity index (χ1) is 16.6. The highest BCUT2D eigenvalue weighted by Gasteiger charge is 2.27. The molecule has 0 radical (unpaired) electrons. The third-order valence-corrected chi connectivity index (χ3v) is 7.05. The van der Waals surface area contributed by atoms with E-state index in [1.807, 2.05) is 0 Å². The number of esters is 2. The van der Waals surface area contributed by atoms with Crippen LogP contribution >= 0.6 is 15.9 Å². The molecule has 9 nitrogen and oxygen atoms in total. The Kier molecular flexibility index (Phi) is 8.26. The zero-order valence-corrected chi connectivity index (χ0v) is 21.1. The van der Waals surface area contributed by atoms with Crippen LogP contribution in [0.3, 0.4) is 0 Å². The number of halogens is 1. The highest BCUT2D eigenvalue weighted by molar-refractivity contribution is 9.10. The SMILES string of the molecule is COC(=O)c1cc(NC(=O)CN(c2cccc(Br)c2)S(=O)(=O)c2ccccc2)cc(C(=O)OC)c1. The van der Waals surface area contributed by atoms with Crippen molar-refractivity contribution in [1.82, 2.24) is 0 Å². The molecule has 3 rings (SSSR count). The predicted octanol–water partition coefficient (Wildman–Crippen LogP) is 3.86. The molecule has 0 bridgehead atoms. The maximum atomic E-state index is 13.4. The van der Waals surface area contributed by atoms with Crippen molar-refractivity contribution < 1.29 is 32.3 Å². The van der Waals surface area contributed by atoms with Crippen LogP contribution in [-0.4, -0.2) is 47.0 Å². The van der Waals surface area contributed by atoms with E-state index in [4.69, 9.17) is 9.47 Å². The average molecular weight is 561 g/mol. The quantitative estimate of drug-likeness (QED) is 0.415. The minimum Gasteiger partial charge on any atom is -0.465 e. The Balaban J connectivity index is 1.97. The van der Waals surface area contributed by atoms with Gasteiger partial charge in [0.2, 0.25) is 5.91 Å². The Morgan fingerprint density at radius 2 is 1.46 bits per heavy atom. The van der Waals surface area contributed by atoms with Crippen LogP contribution in [0, 0.1) is 0 Å². The molecule has 0 aromatic heterocycles. The van der Waals surface area contributed by atoms with E-state index in [1.54, 1.807) is 42.5 Å². The summed E-state index contributed by atoms with van der Waals surface area (Å²) >= 11 is 3.32. The van der Waals surface area contributed by atoms with E-state index in [0.717, 1.165) is 4.31 Å². The number of amides is 1. The second-order valence-electron chi connectivity index (χ2n) is 7.13. The molecule has 0 unspecified atom stereocenters. The molecule has 0 aliphatic carbocycles. The number of ether oxygens (including phenoxy) is 2. The van der Waals surface area contributed by atoms with Gasteiger partial charge in [-0.25, -0.2) is 18.0 Å². The monoisotopic (exact) mass is 560 g/mol. The van der Waals surface area contributed by atoms with Crippen molar-refractivity contribution >= 4 is 55.2 Å². The standard InChI is InChI=1S/C24H21BrN2O7S/c1-33-23(29)16-11-17(24(30)34-2)13-19(12-16)26-22(28)15-27(20-8-6-7-18(25)14-20)35(31,32)21-9-4-3-5-10-21/h3-14H,15H2,1-2H3,(H,26,28). The minimum atomic E-state index is -4.11. The van der Waals surface area contributed by atoms with Crippen LogP contribution in [0.25, 0.3) is 0 Å². The van der Waals surface area contributed by atoms with E-state index in [9.17, 15) is 22.8 Å². The molecule has 0 aliphatic rings. The largest absolute Gasteiger partial charge is 0.465 e. The molecule has 0 atom stereocenters. The number of sulfonamides is 1. The van der Waals surface area contributed by atoms with Gasteiger partial charge in [0.05, 0.1) is 35.9 Å². The van der Waals surface area contributed by atoms with E-state index < -0.39 is 34.4 Å². The molecule has 0 heterocycles. The van der Waals surface area contributed by atoms with Crippen molar-refractivity contribution in [2.45, 2.75) is 4.90 Å². The molecule has 0 saturated heterocycles. The van der Waals surface area contributed by atoms with Gasteiger partial charge in [-0.05, 0) is 48.5 Å². The number of carbonyl (C=O) groups excluding carboxylic acids is 3. The molecule has 0 spiro atoms. The summed E-state index contributed by atoms with van der Waals surface area (Å²) in [6, 6.07) is 18.1. The summed E-state index contributed by atoms with van der Waals surface area (Å²) in [5.74, 6) is -2.16. The van der Waals surface area contributed by atoms with Crippen molar-refractivity contribution in [2.24, 2.45) is 0 Å². The topological polar surface area (TPSA) is 119 Å². The van der Waals surface area contributed by atoms with Gasteiger partial charge in [0, 0.05) is 10.2 Å². The normalized spacial score (nSPS) is 10.8. The fourth-order valence-corrected chi connectivity index (χ4v) is 4.99. The predicted molar refractivity (Wildman–Crippen MR) is 133 cm³/mol. The summed E-state index contributed by atoms with van der Waals surface area (Å²) in [6.07, 6.45) is 0. The zero-order chi connectivity index (χ0) is 25.6. The van der Waals surface area contributed by atoms with Gasteiger partial charge >= 0.3 is 11.9 Å². The first kappa shape index (κ1) is 25.9. The van der Waals surface area contributed by atoms with Crippen molar-refractivity contribution in [3.8, 4) is 0 Å². The molecule has 0 fully saturated rings. The first-order valence-electron chi connectivity index (χ1n) is 10.1. The Morgan fingerprint density at radius 3 is 2.00 bits per heavy atom. The first-order valence-corrected chi connectivity index (χ1v) is 12.3. The van der Waals surface area contributed by atoms with Gasteiger partial charge in [-0.15, -0.1) is 0 Å². The van der Waals surface area contributed by atoms with Gasteiger partial charge in [0.15, 0.2) is 0 Å². The van der Waals surface area contributed by atoms with Crippen LogP contribution in [0.1, 0.15) is 20.7 Å². The second kappa shape index (κ2) is 11.2. The average Bonchev–Trinajstić information content (AvgIpc) is 2.86. The van der Waals surface area contributed by atoms with Crippen LogP contribution < -0.4 is 9.62 Å². The molecular formula is C24H21BrN2O7S. The number of nitrogens with one attached hydrogen (secondary N) is 1. The number of hydrogen-bond donors (Lipinski definition) is 1. The van der Waals surface area contributed by atoms with Crippen LogP contribution in [0.15, 0.2) is 82.2 Å². The van der Waals surface area contributed by atoms with Crippen LogP contribution in [0.2, 0.25) is 0 Å². The molecule has 35 heavy (non-hydrogen) atoms. The third-order valence-electron chi connectivity index (χ3n) is 4.77. The van der Waals surface area contributed by atoms with E-state index in [-0.39, 0.29) is 27.4 Å². The summed E-state index contributed by atoms with van der Waals surface area (Å²) in [6.45, 7) is -0.580. The second-order valence-corrected chi connectivity index (χ2v) is 9.91. The molecule has 1 amide bonds. The van der Waals surface area contributed by atoms with Crippen LogP contribution in [0.5, 0.6) is 0 Å². The Hall–Kier alpha value is -3.70. The molecule has 3 aromatic rings. The van der Waals surface area contributed by atoms with Gasteiger partial charge in [0.1, 0.15) is 6.54 Å². The fraction of sp³-hybridized carbons (Fsp3) is 0.125. The summed E-state index contributed by atoms with van der Waals surface area (Å²) in [4.78, 5) is 37.0. The lowest BCUT2D eigenvalue weighted by Gasteiger charge is -2.24. The number of benzene rings is 3. The number of methoxy groups -OCH3 is 2. The summed E-state index contributed by atoms with van der Waals surface area (Å²) < 4.78 is 37.8. The molecule has 0 saturated carbocycles. The third kappa shape index (κ3) is 6.25. The molecular weight excluding hydrogens is 540 g/mol. The summed E-state index contributed by atoms with van der Waals surface area (Å²) in [5.41, 5.74) is 0.361. The molecule has 0 aliphatic heterocycles. The van der Waals surface area contributed by atoms with Crippen molar-refractivity contribution in [1.29, 1.82) is 0 Å². The van der Waals surface area contributed by atoms with Gasteiger partial charge in [0.25, 0.3) is 10.0 Å². The molecule has 182 valence electrons. The lowest BCUT2D eigenvalue weighted by Crippen LogP contribution is -2.38. The number of nitrogens with zero attached hydrogens (tertiary/aromatic N) is 1. The van der Waals surface area contributed by atoms with Gasteiger partial charge in [-0.3, -0.25) is 9.10 Å². The Labute approximate surface area is 210 Å². The Bertz CT molecular complexity index is 1330. The smallest absolute Gasteiger partial charge is 0.337 e. The fourth-order valence-electron chi connectivity index (χ4n) is 3.17. The molecule has 1 N–H and O–H groups in total. The maximum Gasteiger partial charge on any atom is 0.337 e. The van der Waals surface area contributed by atoms with Gasteiger partial charge < -0.3 is 14.8 Å². The number of hydrogen-bond acceptors (Lipinski definition) is 7. The van der Waals surface area contributed by atoms with Crippen molar-refractivity contribution in [3.63, 3.8) is 0 Å². The van der Waals surface area contributed by atoms with E-state index in [0.29, 0.717) is 4.47 Å². The highest BCUT2D eigenvalue weighted by Crippen LogP contribution is 2.26. The lowest BCUT2D eigenvalue weighted by atomic mass is 10.1. The van der Waals surface area contributed by atoms with E-state index >= 15 is 0 Å². The van der Waals surface area contributed by atoms with Crippen molar-refractivity contribution in [2.75, 3.05) is 30.4 Å². The highest BCUT2D eigenvalue weighted by atomic mass is 79.9. The Morgan fingerprint density at radius 1 is 0.857 bits per heavy atom. The number of rotatable bonds is 8. The van der Waals surface area contributed by atoms with Crippen molar-refractivity contribution in [3.05, 3.63) is 88.4 Å². The van der Waals surface area contributed by atoms with E-state index in [2.05, 4.69) is 21.2 Å². The van der Waals surface area contributed by atoms with Crippen LogP contribution in [0.4, 0.5) is 11.4 Å². The van der Waals surface area contributed by atoms with Crippen LogP contribution in [-0.2, 0) is 24.3 Å². The lowest BCUT2D eigenvalue weighted by molar-refractivity contribution is -0.114. The minimum absolute atomic E-state index is 0.00598. The number of carbonyl (C=O) groups is 3. The summed E-state index contributed by atoms with van der Waals surface area (Å²) in [5, 5.41) is 2.55. The zero-order valence-electron chi connectivity index (χ0n) is 18.7. The maximum absolute atomic E-state index is 13.4. The number of anilines is 2. The van der Waals surface area contributed by atoms with Gasteiger partial charge in [-0.1, -0.05) is 40.2 Å². The molecule has 11 heteroatoms. The summed E-state index contributed by atoms with van der Waals surface area (Å²) in [7, 11) is -1.75. The molecule has 3 aromatic carbocycles. The van der Waals surface area contributed by atoms with Gasteiger partial charge in [-0.2, -0.15) is 0 Å². The van der Waals surface area contributed by atoms with E-state index in [1.165, 1.54) is 44.6 Å².